The molecule has 1 aromatic rings. The second-order valence-corrected chi connectivity index (χ2v) is 13.9. The van der Waals surface area contributed by atoms with E-state index in [0.717, 1.165) is 26.0 Å². The molecule has 1 aromatic carbocycles. The highest BCUT2D eigenvalue weighted by Gasteiger charge is 2.36. The first-order valence-electron chi connectivity index (χ1n) is 16.5. The second kappa shape index (κ2) is 21.6. The third-order valence-corrected chi connectivity index (χ3v) is 8.04. The zero-order chi connectivity index (χ0) is 42.4. The molecule has 23 nitrogen and oxygen atoms in total. The molecule has 5 amide bonds. The molecule has 0 spiro atoms. The van der Waals surface area contributed by atoms with Gasteiger partial charge in [0.2, 0.25) is 29.5 Å². The molecule has 24 heteroatoms. The van der Waals surface area contributed by atoms with Gasteiger partial charge in [-0.15, -0.1) is 0 Å². The van der Waals surface area contributed by atoms with Gasteiger partial charge in [0.25, 0.3) is 0 Å². The van der Waals surface area contributed by atoms with Gasteiger partial charge >= 0.3 is 25.7 Å². The number of amides is 5. The normalized spacial score (nSPS) is 15.7. The van der Waals surface area contributed by atoms with Crippen LogP contribution in [0.1, 0.15) is 52.5 Å². The van der Waals surface area contributed by atoms with Crippen molar-refractivity contribution in [2.75, 3.05) is 0 Å². The number of carbonyl (C=O) groups excluding carboxylic acids is 5. The molecule has 0 saturated heterocycles. The van der Waals surface area contributed by atoms with Gasteiger partial charge in [-0.3, -0.25) is 43.3 Å². The Morgan fingerprint density at radius 1 is 0.673 bits per heavy atom. The molecule has 308 valence electrons. The van der Waals surface area contributed by atoms with E-state index in [1.807, 2.05) is 0 Å². The molecule has 55 heavy (non-hydrogen) atoms. The summed E-state index contributed by atoms with van der Waals surface area (Å²) in [6.07, 6.45) is -5.94. The van der Waals surface area contributed by atoms with E-state index in [0.29, 0.717) is 0 Å². The number of carbonyl (C=O) groups is 8. The van der Waals surface area contributed by atoms with Crippen LogP contribution in [0.5, 0.6) is 5.75 Å². The summed E-state index contributed by atoms with van der Waals surface area (Å²) in [7, 11) is -4.96. The second-order valence-electron chi connectivity index (χ2n) is 12.7. The number of phosphoric ester groups is 1. The van der Waals surface area contributed by atoms with Crippen LogP contribution in [0.3, 0.4) is 0 Å². The molecule has 0 aliphatic heterocycles. The van der Waals surface area contributed by atoms with Crippen LogP contribution in [-0.4, -0.2) is 131 Å². The van der Waals surface area contributed by atoms with Gasteiger partial charge in [-0.2, -0.15) is 0 Å². The van der Waals surface area contributed by atoms with Gasteiger partial charge in [-0.25, -0.2) is 9.36 Å². The summed E-state index contributed by atoms with van der Waals surface area (Å²) >= 11 is 0. The van der Waals surface area contributed by atoms with Gasteiger partial charge in [0, 0.05) is 12.8 Å². The van der Waals surface area contributed by atoms with Crippen molar-refractivity contribution in [3.63, 3.8) is 0 Å². The topological polar surface area (TPSA) is 391 Å². The number of carboxylic acid groups (broad SMARTS) is 3. The molecule has 0 saturated carbocycles. The summed E-state index contributed by atoms with van der Waals surface area (Å²) in [6.45, 7) is 5.14. The number of phosphoric acid groups is 1. The third-order valence-electron chi connectivity index (χ3n) is 7.59. The maximum atomic E-state index is 13.7. The highest BCUT2D eigenvalue weighted by Crippen LogP contribution is 2.37. The van der Waals surface area contributed by atoms with Gasteiger partial charge in [-0.1, -0.05) is 26.0 Å². The van der Waals surface area contributed by atoms with E-state index in [4.69, 9.17) is 20.6 Å². The highest BCUT2D eigenvalue weighted by atomic mass is 31.2. The molecule has 0 bridgehead atoms. The lowest BCUT2D eigenvalue weighted by Crippen LogP contribution is -2.63. The number of aliphatic carboxylic acids is 3. The number of aliphatic hydroxyl groups excluding tert-OH is 2. The number of hydrogen-bond donors (Lipinski definition) is 13. The number of hydrogen-bond acceptors (Lipinski definition) is 13. The predicted molar refractivity (Wildman–Crippen MR) is 185 cm³/mol. The van der Waals surface area contributed by atoms with Crippen molar-refractivity contribution in [2.45, 2.75) is 102 Å². The Bertz CT molecular complexity index is 1600. The number of benzene rings is 1. The molecular formula is C31H47N6O17P. The van der Waals surface area contributed by atoms with Crippen molar-refractivity contribution in [1.82, 2.24) is 26.6 Å². The lowest BCUT2D eigenvalue weighted by molar-refractivity contribution is -0.144. The average molecular weight is 807 g/mol. The van der Waals surface area contributed by atoms with E-state index in [1.165, 1.54) is 26.0 Å². The van der Waals surface area contributed by atoms with Crippen LogP contribution < -0.4 is 36.8 Å². The van der Waals surface area contributed by atoms with E-state index in [9.17, 15) is 63.3 Å². The van der Waals surface area contributed by atoms with Crippen LogP contribution in [0, 0.1) is 5.92 Å². The first-order chi connectivity index (χ1) is 25.3. The number of carboxylic acids is 3. The Labute approximate surface area is 313 Å². The lowest BCUT2D eigenvalue weighted by Gasteiger charge is -2.29. The summed E-state index contributed by atoms with van der Waals surface area (Å²) in [5.41, 5.74) is 5.76. The summed E-state index contributed by atoms with van der Waals surface area (Å²) in [4.78, 5) is 118. The van der Waals surface area contributed by atoms with Gasteiger partial charge in [0.15, 0.2) is 0 Å². The fraction of sp³-hybridized carbons (Fsp3) is 0.548. The van der Waals surface area contributed by atoms with Crippen LogP contribution in [-0.2, 0) is 49.3 Å². The molecule has 0 aliphatic rings. The Morgan fingerprint density at radius 3 is 1.55 bits per heavy atom. The van der Waals surface area contributed by atoms with E-state index in [2.05, 4.69) is 31.1 Å². The minimum atomic E-state index is -4.96. The van der Waals surface area contributed by atoms with Crippen molar-refractivity contribution < 1.29 is 82.8 Å². The fourth-order valence-electron chi connectivity index (χ4n) is 4.70. The van der Waals surface area contributed by atoms with Gasteiger partial charge < -0.3 is 62.4 Å². The summed E-state index contributed by atoms with van der Waals surface area (Å²) in [5.74, 6) is -11.1. The SMILES string of the molecule is CC(C)[C@H](NC(=O)[C@@H](NC(=O)[C@@H](NC(=O)[C@H](Cc1ccc(OP(=O)(O)O)cc1)NC(=O)[C@H](CCC(=O)O)NC(=O)[C@@H](N)CC(=O)O)[C@@H](C)O)[C@@H](C)O)C(=O)O. The quantitative estimate of drug-likeness (QED) is 0.0473. The van der Waals surface area contributed by atoms with Gasteiger partial charge in [-0.05, 0) is 43.9 Å². The molecule has 0 aromatic heterocycles. The molecule has 0 radical (unpaired) electrons. The van der Waals surface area contributed by atoms with Crippen LogP contribution in [0.4, 0.5) is 0 Å². The van der Waals surface area contributed by atoms with Crippen molar-refractivity contribution in [3.8, 4) is 5.75 Å². The molecule has 0 unspecified atom stereocenters. The predicted octanol–water partition coefficient (Wildman–Crippen LogP) is -3.71. The number of rotatable bonds is 23. The summed E-state index contributed by atoms with van der Waals surface area (Å²) in [5, 5.41) is 59.3. The Kier molecular flexibility index (Phi) is 18.8. The zero-order valence-electron chi connectivity index (χ0n) is 30.1. The molecule has 0 aliphatic carbocycles. The van der Waals surface area contributed by atoms with Crippen molar-refractivity contribution in [3.05, 3.63) is 29.8 Å². The number of nitrogens with one attached hydrogen (secondary N) is 5. The van der Waals surface area contributed by atoms with E-state index in [-0.39, 0.29) is 11.3 Å². The maximum Gasteiger partial charge on any atom is 0.524 e. The molecular weight excluding hydrogens is 759 g/mol. The standard InChI is InChI=1S/C31H47N6O17P/c1-13(2)23(31(49)50)35-29(47)25(15(4)39)37-30(48)24(14(3)38)36-28(46)20(11-16-5-7-17(8-6-16)54-55(51,52)53)34-27(45)19(9-10-21(40)41)33-26(44)18(32)12-22(42)43/h5-8,13-15,18-20,23-25,38-39H,9-12,32H2,1-4H3,(H,33,44)(H,34,45)(H,35,47)(H,36,46)(H,37,48)(H,40,41)(H,42,43)(H,49,50)(H2,51,52,53)/t14-,15-,18+,19+,20+,23+,24+,25+/m1/s1. The highest BCUT2D eigenvalue weighted by molar-refractivity contribution is 7.46. The van der Waals surface area contributed by atoms with E-state index in [1.54, 1.807) is 0 Å². The van der Waals surface area contributed by atoms with Crippen molar-refractivity contribution in [2.24, 2.45) is 11.7 Å². The van der Waals surface area contributed by atoms with Crippen LogP contribution >= 0.6 is 7.82 Å². The fourth-order valence-corrected chi connectivity index (χ4v) is 5.10. The van der Waals surface area contributed by atoms with E-state index >= 15 is 0 Å². The zero-order valence-corrected chi connectivity index (χ0v) is 31.0. The number of nitrogens with two attached hydrogens (primary N) is 1. The summed E-state index contributed by atoms with van der Waals surface area (Å²) < 4.78 is 15.7. The molecule has 8 atom stereocenters. The third kappa shape index (κ3) is 17.2. The van der Waals surface area contributed by atoms with Crippen molar-refractivity contribution >= 4 is 55.3 Å². The Morgan fingerprint density at radius 2 is 1.13 bits per heavy atom. The van der Waals surface area contributed by atoms with Gasteiger partial charge in [0.1, 0.15) is 36.0 Å². The minimum Gasteiger partial charge on any atom is -0.481 e. The molecule has 0 heterocycles. The van der Waals surface area contributed by atoms with Crippen molar-refractivity contribution in [1.29, 1.82) is 0 Å². The largest absolute Gasteiger partial charge is 0.524 e. The average Bonchev–Trinajstić information content (AvgIpc) is 3.05. The minimum absolute atomic E-state index is 0.190. The maximum absolute atomic E-state index is 13.7. The smallest absolute Gasteiger partial charge is 0.481 e. The van der Waals surface area contributed by atoms with Gasteiger partial charge in [0.05, 0.1) is 24.7 Å². The van der Waals surface area contributed by atoms with E-state index < -0.39 is 135 Å². The Hall–Kier alpha value is -5.19. The number of aliphatic hydroxyl groups is 2. The molecule has 1 rings (SSSR count). The monoisotopic (exact) mass is 806 g/mol. The summed E-state index contributed by atoms with van der Waals surface area (Å²) in [6, 6.07) is -5.54. The van der Waals surface area contributed by atoms with Crippen LogP contribution in [0.25, 0.3) is 0 Å². The Balaban J connectivity index is 3.49. The van der Waals surface area contributed by atoms with Crippen LogP contribution in [0.2, 0.25) is 0 Å². The first-order valence-corrected chi connectivity index (χ1v) is 18.0. The molecule has 0 fully saturated rings. The lowest BCUT2D eigenvalue weighted by atomic mass is 10.0. The van der Waals surface area contributed by atoms with Crippen LogP contribution in [0.15, 0.2) is 24.3 Å². The molecule has 14 N–H and O–H groups in total. The first kappa shape index (κ1) is 47.8.